The minimum absolute atomic E-state index is 0.00813. The van der Waals surface area contributed by atoms with Crippen molar-refractivity contribution in [2.45, 2.75) is 52.2 Å². The largest absolute Gasteiger partial charge is 0.392 e. The molecule has 0 radical (unpaired) electrons. The molecule has 0 aromatic carbocycles. The van der Waals surface area contributed by atoms with E-state index in [2.05, 4.69) is 44.5 Å². The fourth-order valence-corrected chi connectivity index (χ4v) is 2.91. The summed E-state index contributed by atoms with van der Waals surface area (Å²) in [6.45, 7) is 12.0. The molecule has 0 spiro atoms. The van der Waals surface area contributed by atoms with E-state index in [0.29, 0.717) is 6.04 Å². The Kier molecular flexibility index (Phi) is 4.89. The zero-order valence-corrected chi connectivity index (χ0v) is 14.1. The Labute approximate surface area is 128 Å². The van der Waals surface area contributed by atoms with Gasteiger partial charge in [0.1, 0.15) is 5.82 Å². The average Bonchev–Trinajstić information content (AvgIpc) is 2.57. The number of aromatic nitrogens is 1. The molecule has 4 heteroatoms. The number of anilines is 1. The molecule has 2 heterocycles. The second kappa shape index (κ2) is 6.32. The second-order valence-electron chi connectivity index (χ2n) is 7.29. The van der Waals surface area contributed by atoms with Crippen LogP contribution in [0.2, 0.25) is 0 Å². The van der Waals surface area contributed by atoms with Crippen LogP contribution in [0.1, 0.15) is 45.4 Å². The molecule has 4 nitrogen and oxygen atoms in total. The minimum atomic E-state index is -0.00813. The van der Waals surface area contributed by atoms with Crippen molar-refractivity contribution in [3.63, 3.8) is 0 Å². The molecule has 118 valence electrons. The molecule has 0 aliphatic carbocycles. The van der Waals surface area contributed by atoms with Crippen molar-refractivity contribution in [2.75, 3.05) is 31.6 Å². The molecule has 0 bridgehead atoms. The maximum absolute atomic E-state index is 9.56. The summed E-state index contributed by atoms with van der Waals surface area (Å²) in [6.07, 6.45) is 1.15. The maximum Gasteiger partial charge on any atom is 0.129 e. The summed E-state index contributed by atoms with van der Waals surface area (Å²) in [5.41, 5.74) is 2.00. The number of pyridine rings is 1. The first kappa shape index (κ1) is 16.2. The van der Waals surface area contributed by atoms with Gasteiger partial charge in [0.2, 0.25) is 0 Å². The van der Waals surface area contributed by atoms with Gasteiger partial charge < -0.3 is 14.9 Å². The van der Waals surface area contributed by atoms with E-state index in [0.717, 1.165) is 43.1 Å². The van der Waals surface area contributed by atoms with Crippen LogP contribution in [0.15, 0.2) is 12.1 Å². The Morgan fingerprint density at radius 3 is 2.62 bits per heavy atom. The van der Waals surface area contributed by atoms with E-state index < -0.39 is 0 Å². The molecule has 1 fully saturated rings. The van der Waals surface area contributed by atoms with Gasteiger partial charge in [-0.15, -0.1) is 0 Å². The summed E-state index contributed by atoms with van der Waals surface area (Å²) in [5, 5.41) is 9.56. The monoisotopic (exact) mass is 291 g/mol. The van der Waals surface area contributed by atoms with Gasteiger partial charge in [-0.2, -0.15) is 0 Å². The van der Waals surface area contributed by atoms with E-state index >= 15 is 0 Å². The topological polar surface area (TPSA) is 39.6 Å². The Bertz CT molecular complexity index is 481. The average molecular weight is 291 g/mol. The lowest BCUT2D eigenvalue weighted by Crippen LogP contribution is -2.38. The number of rotatable bonds is 2. The first-order valence-electron chi connectivity index (χ1n) is 7.88. The van der Waals surface area contributed by atoms with Gasteiger partial charge in [0.15, 0.2) is 0 Å². The van der Waals surface area contributed by atoms with Crippen molar-refractivity contribution in [2.24, 2.45) is 0 Å². The van der Waals surface area contributed by atoms with Crippen molar-refractivity contribution in [1.29, 1.82) is 0 Å². The molecule has 1 aromatic heterocycles. The summed E-state index contributed by atoms with van der Waals surface area (Å²) in [7, 11) is 2.18. The van der Waals surface area contributed by atoms with E-state index in [1.807, 2.05) is 12.1 Å². The highest BCUT2D eigenvalue weighted by Crippen LogP contribution is 2.26. The lowest BCUT2D eigenvalue weighted by Gasteiger charge is -2.31. The van der Waals surface area contributed by atoms with Gasteiger partial charge in [-0.3, -0.25) is 0 Å². The number of likely N-dealkylation sites (N-methyl/N-ethyl adjacent to an activating group) is 1. The van der Waals surface area contributed by atoms with Gasteiger partial charge in [0.05, 0.1) is 6.61 Å². The molecular weight excluding hydrogens is 262 g/mol. The predicted octanol–water partition coefficient (Wildman–Crippen LogP) is 2.40. The van der Waals surface area contributed by atoms with Crippen molar-refractivity contribution in [3.05, 3.63) is 23.4 Å². The molecule has 1 saturated heterocycles. The highest BCUT2D eigenvalue weighted by molar-refractivity contribution is 5.45. The molecule has 1 aliphatic heterocycles. The predicted molar refractivity (Wildman–Crippen MR) is 87.8 cm³/mol. The van der Waals surface area contributed by atoms with Crippen molar-refractivity contribution in [3.8, 4) is 0 Å². The molecule has 1 unspecified atom stereocenters. The number of hydrogen-bond donors (Lipinski definition) is 1. The van der Waals surface area contributed by atoms with Crippen molar-refractivity contribution >= 4 is 5.82 Å². The van der Waals surface area contributed by atoms with Gasteiger partial charge in [0.25, 0.3) is 0 Å². The zero-order chi connectivity index (χ0) is 15.6. The minimum Gasteiger partial charge on any atom is -0.392 e. The maximum atomic E-state index is 9.56. The van der Waals surface area contributed by atoms with E-state index in [1.54, 1.807) is 0 Å². The number of aliphatic hydroxyl groups is 1. The SMILES string of the molecule is CC1CN(C)CCCN1c1cc(CO)cc(C(C)(C)C)n1. The third kappa shape index (κ3) is 3.95. The first-order chi connectivity index (χ1) is 9.81. The fraction of sp³-hybridized carbons (Fsp3) is 0.706. The number of aliphatic hydroxyl groups excluding tert-OH is 1. The van der Waals surface area contributed by atoms with Crippen molar-refractivity contribution < 1.29 is 5.11 Å². The first-order valence-corrected chi connectivity index (χ1v) is 7.88. The van der Waals surface area contributed by atoms with E-state index in [9.17, 15) is 5.11 Å². The van der Waals surface area contributed by atoms with Crippen LogP contribution in [-0.4, -0.2) is 47.7 Å². The molecule has 21 heavy (non-hydrogen) atoms. The standard InChI is InChI=1S/C17H29N3O/c1-13-11-19(5)7-6-8-20(13)16-10-14(12-21)9-15(18-16)17(2,3)4/h9-10,13,21H,6-8,11-12H2,1-5H3. The molecule has 1 atom stereocenters. The third-order valence-electron chi connectivity index (χ3n) is 4.16. The normalized spacial score (nSPS) is 21.4. The van der Waals surface area contributed by atoms with Crippen LogP contribution >= 0.6 is 0 Å². The van der Waals surface area contributed by atoms with Crippen LogP contribution in [0.4, 0.5) is 5.82 Å². The summed E-state index contributed by atoms with van der Waals surface area (Å²) >= 11 is 0. The smallest absolute Gasteiger partial charge is 0.129 e. The molecular formula is C17H29N3O. The highest BCUT2D eigenvalue weighted by atomic mass is 16.3. The van der Waals surface area contributed by atoms with Gasteiger partial charge in [-0.05, 0) is 44.6 Å². The van der Waals surface area contributed by atoms with E-state index in [-0.39, 0.29) is 12.0 Å². The molecule has 1 aromatic rings. The summed E-state index contributed by atoms with van der Waals surface area (Å²) in [6, 6.07) is 4.50. The van der Waals surface area contributed by atoms with Gasteiger partial charge >= 0.3 is 0 Å². The summed E-state index contributed by atoms with van der Waals surface area (Å²) < 4.78 is 0. The lowest BCUT2D eigenvalue weighted by molar-refractivity contribution is 0.281. The lowest BCUT2D eigenvalue weighted by atomic mass is 9.90. The Balaban J connectivity index is 2.37. The third-order valence-corrected chi connectivity index (χ3v) is 4.16. The highest BCUT2D eigenvalue weighted by Gasteiger charge is 2.23. The number of nitrogens with zero attached hydrogens (tertiary/aromatic N) is 3. The molecule has 2 rings (SSSR count). The Hall–Kier alpha value is -1.13. The van der Waals surface area contributed by atoms with E-state index in [1.165, 1.54) is 0 Å². The van der Waals surface area contributed by atoms with Gasteiger partial charge in [0, 0.05) is 30.2 Å². The van der Waals surface area contributed by atoms with Crippen LogP contribution in [0.3, 0.4) is 0 Å². The fourth-order valence-electron chi connectivity index (χ4n) is 2.91. The van der Waals surface area contributed by atoms with Gasteiger partial charge in [-0.1, -0.05) is 20.8 Å². The molecule has 0 saturated carbocycles. The number of hydrogen-bond acceptors (Lipinski definition) is 4. The van der Waals surface area contributed by atoms with Crippen LogP contribution in [-0.2, 0) is 12.0 Å². The summed E-state index contributed by atoms with van der Waals surface area (Å²) in [4.78, 5) is 9.66. The Morgan fingerprint density at radius 2 is 2.00 bits per heavy atom. The zero-order valence-electron chi connectivity index (χ0n) is 14.1. The second-order valence-corrected chi connectivity index (χ2v) is 7.29. The van der Waals surface area contributed by atoms with Crippen LogP contribution < -0.4 is 4.90 Å². The molecule has 1 aliphatic rings. The van der Waals surface area contributed by atoms with Crippen molar-refractivity contribution in [1.82, 2.24) is 9.88 Å². The quantitative estimate of drug-likeness (QED) is 0.908. The molecule has 0 amide bonds. The van der Waals surface area contributed by atoms with Crippen LogP contribution in [0, 0.1) is 0 Å². The van der Waals surface area contributed by atoms with E-state index in [4.69, 9.17) is 4.98 Å². The summed E-state index contributed by atoms with van der Waals surface area (Å²) in [5.74, 6) is 1.01. The van der Waals surface area contributed by atoms with Crippen LogP contribution in [0.25, 0.3) is 0 Å². The molecule has 1 N–H and O–H groups in total. The van der Waals surface area contributed by atoms with Gasteiger partial charge in [-0.25, -0.2) is 4.98 Å². The van der Waals surface area contributed by atoms with Crippen LogP contribution in [0.5, 0.6) is 0 Å². The Morgan fingerprint density at radius 1 is 1.29 bits per heavy atom.